The number of hydrogen-bond acceptors (Lipinski definition) is 0. The molecule has 0 N–H and O–H groups in total. The van der Waals surface area contributed by atoms with Crippen molar-refractivity contribution in [1.29, 1.82) is 0 Å². The Morgan fingerprint density at radius 1 is 0.722 bits per heavy atom. The van der Waals surface area contributed by atoms with Gasteiger partial charge in [-0.15, -0.1) is 0 Å². The molecule has 3 aromatic rings. The van der Waals surface area contributed by atoms with Crippen LogP contribution in [0.25, 0.3) is 20.3 Å². The third kappa shape index (κ3) is 2.43. The number of benzene rings is 2. The molecule has 0 aliphatic heterocycles. The van der Waals surface area contributed by atoms with Crippen LogP contribution in [-0.2, 0) is 0 Å². The van der Waals surface area contributed by atoms with Crippen molar-refractivity contribution in [2.24, 2.45) is 0 Å². The molecule has 0 saturated heterocycles. The molecule has 1 heterocycles. The van der Waals surface area contributed by atoms with E-state index in [0.29, 0.717) is 0 Å². The molecule has 0 atom stereocenters. The molecule has 0 saturated carbocycles. The molecule has 0 amide bonds. The van der Waals surface area contributed by atoms with E-state index in [1.807, 2.05) is 0 Å². The zero-order valence-corrected chi connectivity index (χ0v) is 12.6. The molecule has 88 valence electrons. The van der Waals surface area contributed by atoms with Crippen LogP contribution in [0.2, 0.25) is 0 Å². The second-order valence-corrected chi connectivity index (χ2v) is 7.03. The van der Waals surface area contributed by atoms with Crippen LogP contribution in [0, 0.1) is 6.92 Å². The van der Waals surface area contributed by atoms with Crippen molar-refractivity contribution in [2.45, 2.75) is 6.92 Å². The Morgan fingerprint density at radius 2 is 1.44 bits per heavy atom. The van der Waals surface area contributed by atoms with E-state index in [4.69, 9.17) is 0 Å². The van der Waals surface area contributed by atoms with Crippen molar-refractivity contribution < 1.29 is 0 Å². The fourth-order valence-corrected chi connectivity index (χ4v) is 4.63. The van der Waals surface area contributed by atoms with E-state index in [9.17, 15) is 0 Å². The molecule has 0 aliphatic carbocycles. The van der Waals surface area contributed by atoms with Crippen molar-refractivity contribution in [1.82, 2.24) is 0 Å². The minimum absolute atomic E-state index is 0.161. The predicted molar refractivity (Wildman–Crippen MR) is 79.0 cm³/mol. The minimum atomic E-state index is -0.161. The van der Waals surface area contributed by atoms with Gasteiger partial charge in [0.05, 0.1) is 0 Å². The van der Waals surface area contributed by atoms with Gasteiger partial charge in [0, 0.05) is 0 Å². The first-order valence-corrected chi connectivity index (χ1v) is 8.55. The van der Waals surface area contributed by atoms with Gasteiger partial charge in [0.2, 0.25) is 0 Å². The van der Waals surface area contributed by atoms with Gasteiger partial charge in [0.25, 0.3) is 0 Å². The maximum atomic E-state index is 2.44. The van der Waals surface area contributed by atoms with Crippen molar-refractivity contribution in [2.75, 3.05) is 0 Å². The van der Waals surface area contributed by atoms with Crippen molar-refractivity contribution in [3.8, 4) is 20.3 Å². The zero-order chi connectivity index (χ0) is 12.4. The maximum absolute atomic E-state index is 2.44. The summed E-state index contributed by atoms with van der Waals surface area (Å²) in [5.74, 6) is 0. The van der Waals surface area contributed by atoms with E-state index in [1.54, 1.807) is 0 Å². The Balaban J connectivity index is 1.97. The van der Waals surface area contributed by atoms with Gasteiger partial charge in [-0.2, -0.15) is 0 Å². The first-order valence-electron chi connectivity index (χ1n) is 6.04. The summed E-state index contributed by atoms with van der Waals surface area (Å²) in [6.07, 6.45) is 0. The van der Waals surface area contributed by atoms with Gasteiger partial charge in [-0.1, -0.05) is 0 Å². The molecule has 1 aromatic heterocycles. The van der Waals surface area contributed by atoms with Crippen LogP contribution in [0.3, 0.4) is 0 Å². The summed E-state index contributed by atoms with van der Waals surface area (Å²) < 4.78 is 3.98. The fourth-order valence-electron chi connectivity index (χ4n) is 1.99. The van der Waals surface area contributed by atoms with Crippen LogP contribution in [0.15, 0.2) is 64.7 Å². The van der Waals surface area contributed by atoms with Crippen LogP contribution in [0.5, 0.6) is 0 Å². The second kappa shape index (κ2) is 5.14. The standard InChI is InChI=1S/C17H14Te/c1-13-7-9-14(10-8-13)16-11-17(18-12-16)15-5-3-2-4-6-15/h2-12H,1H3. The zero-order valence-electron chi connectivity index (χ0n) is 10.3. The molecule has 3 rings (SSSR count). The molecule has 0 fully saturated rings. The van der Waals surface area contributed by atoms with Gasteiger partial charge in [0.1, 0.15) is 0 Å². The van der Waals surface area contributed by atoms with Crippen LogP contribution >= 0.6 is 0 Å². The molecule has 18 heavy (non-hydrogen) atoms. The normalized spacial score (nSPS) is 10.5. The summed E-state index contributed by atoms with van der Waals surface area (Å²) in [5, 5.41) is 0. The van der Waals surface area contributed by atoms with Crippen LogP contribution in [0.1, 0.15) is 5.56 Å². The van der Waals surface area contributed by atoms with Gasteiger partial charge in [-0.25, -0.2) is 0 Å². The van der Waals surface area contributed by atoms with Gasteiger partial charge in [0.15, 0.2) is 0 Å². The van der Waals surface area contributed by atoms with Crippen molar-refractivity contribution in [3.05, 3.63) is 70.3 Å². The van der Waals surface area contributed by atoms with Crippen molar-refractivity contribution in [3.63, 3.8) is 0 Å². The Hall–Kier alpha value is -1.29. The van der Waals surface area contributed by atoms with Crippen LogP contribution < -0.4 is 0 Å². The van der Waals surface area contributed by atoms with E-state index >= 15 is 0 Å². The first kappa shape index (κ1) is 11.8. The average molecular weight is 346 g/mol. The molecule has 0 bridgehead atoms. The molecule has 2 aromatic carbocycles. The van der Waals surface area contributed by atoms with E-state index < -0.39 is 0 Å². The first-order chi connectivity index (χ1) is 8.83. The van der Waals surface area contributed by atoms with E-state index in [1.165, 1.54) is 25.8 Å². The Kier molecular flexibility index (Phi) is 3.37. The molecule has 0 spiro atoms. The molecule has 0 nitrogen and oxygen atoms in total. The van der Waals surface area contributed by atoms with E-state index in [2.05, 4.69) is 71.7 Å². The molecule has 1 heteroatoms. The average Bonchev–Trinajstić information content (AvgIpc) is 2.90. The van der Waals surface area contributed by atoms with Gasteiger partial charge in [-0.3, -0.25) is 0 Å². The Labute approximate surface area is 118 Å². The van der Waals surface area contributed by atoms with Crippen molar-refractivity contribution >= 4 is 20.4 Å². The van der Waals surface area contributed by atoms with Gasteiger partial charge in [-0.05, 0) is 0 Å². The summed E-state index contributed by atoms with van der Waals surface area (Å²) in [7, 11) is 0. The summed E-state index contributed by atoms with van der Waals surface area (Å²) in [5.41, 5.74) is 5.45. The number of hydrogen-bond donors (Lipinski definition) is 0. The van der Waals surface area contributed by atoms with Crippen LogP contribution in [-0.4, -0.2) is 20.4 Å². The predicted octanol–water partition coefficient (Wildman–Crippen LogP) is 4.39. The molecular formula is C17H14Te. The third-order valence-electron chi connectivity index (χ3n) is 3.04. The SMILES string of the molecule is Cc1ccc(-c2c[te]c(-c3ccccc3)c2)cc1. The monoisotopic (exact) mass is 348 g/mol. The number of aryl methyl sites for hydroxylation is 1. The Bertz CT molecular complexity index is 633. The second-order valence-electron chi connectivity index (χ2n) is 4.43. The van der Waals surface area contributed by atoms with Crippen LogP contribution in [0.4, 0.5) is 0 Å². The summed E-state index contributed by atoms with van der Waals surface area (Å²) in [6, 6.07) is 21.9. The number of rotatable bonds is 2. The van der Waals surface area contributed by atoms with Gasteiger partial charge >= 0.3 is 118 Å². The molecular weight excluding hydrogens is 332 g/mol. The fraction of sp³-hybridized carbons (Fsp3) is 0.0588. The molecule has 0 unspecified atom stereocenters. The van der Waals surface area contributed by atoms with E-state index in [0.717, 1.165) is 0 Å². The summed E-state index contributed by atoms with van der Waals surface area (Å²) in [6.45, 7) is 2.13. The van der Waals surface area contributed by atoms with E-state index in [-0.39, 0.29) is 20.4 Å². The topological polar surface area (TPSA) is 0 Å². The molecule has 0 aliphatic rings. The van der Waals surface area contributed by atoms with Gasteiger partial charge < -0.3 is 0 Å². The summed E-state index contributed by atoms with van der Waals surface area (Å²) >= 11 is -0.161. The summed E-state index contributed by atoms with van der Waals surface area (Å²) in [4.78, 5) is 0. The Morgan fingerprint density at radius 3 is 2.17 bits per heavy atom. The quantitative estimate of drug-likeness (QED) is 0.604. The third-order valence-corrected chi connectivity index (χ3v) is 5.84. The molecule has 0 radical (unpaired) electrons.